The van der Waals surface area contributed by atoms with Gasteiger partial charge in [0.15, 0.2) is 0 Å². The van der Waals surface area contributed by atoms with Crippen LogP contribution in [0.3, 0.4) is 0 Å². The number of pyridine rings is 1. The minimum absolute atomic E-state index is 0.0145. The van der Waals surface area contributed by atoms with E-state index in [0.29, 0.717) is 52.1 Å². The molecule has 0 radical (unpaired) electrons. The van der Waals surface area contributed by atoms with Crippen molar-refractivity contribution < 1.29 is 52.7 Å². The quantitative estimate of drug-likeness (QED) is 0.167. The van der Waals surface area contributed by atoms with Crippen LogP contribution in [0.15, 0.2) is 115 Å². The zero-order chi connectivity index (χ0) is 39.7. The van der Waals surface area contributed by atoms with Crippen molar-refractivity contribution in [2.24, 2.45) is 0 Å². The normalized spacial score (nSPS) is 12.7. The van der Waals surface area contributed by atoms with E-state index >= 15 is 0 Å². The van der Waals surface area contributed by atoms with Crippen LogP contribution in [0.2, 0.25) is 0 Å². The molecule has 2 aromatic heterocycles. The lowest BCUT2D eigenvalue weighted by Gasteiger charge is -2.15. The van der Waals surface area contributed by atoms with Gasteiger partial charge in [0.25, 0.3) is 0 Å². The van der Waals surface area contributed by atoms with Crippen molar-refractivity contribution >= 4 is 21.8 Å². The molecule has 15 heteroatoms. The molecule has 0 N–H and O–H groups in total. The van der Waals surface area contributed by atoms with Crippen LogP contribution < -0.4 is 0 Å². The number of halogens is 12. The van der Waals surface area contributed by atoms with Crippen molar-refractivity contribution in [1.29, 1.82) is 5.26 Å². The molecule has 0 aliphatic rings. The molecule has 278 valence electrons. The first kappa shape index (κ1) is 37.0. The van der Waals surface area contributed by atoms with E-state index in [0.717, 1.165) is 0 Å². The molecule has 0 amide bonds. The molecular weight excluding hydrogens is 750 g/mol. The van der Waals surface area contributed by atoms with Crippen LogP contribution in [0.5, 0.6) is 0 Å². The third kappa shape index (κ3) is 7.07. The predicted molar refractivity (Wildman–Crippen MR) is 180 cm³/mol. The van der Waals surface area contributed by atoms with Gasteiger partial charge >= 0.3 is 24.7 Å². The Labute approximate surface area is 302 Å². The number of para-hydroxylation sites is 1. The highest BCUT2D eigenvalue weighted by molar-refractivity contribution is 6.12. The van der Waals surface area contributed by atoms with Crippen molar-refractivity contribution in [3.8, 4) is 45.1 Å². The number of fused-ring (bicyclic) bond motifs is 3. The van der Waals surface area contributed by atoms with E-state index in [4.69, 9.17) is 0 Å². The second-order valence-electron chi connectivity index (χ2n) is 12.4. The average molecular weight is 770 g/mol. The fourth-order valence-corrected chi connectivity index (χ4v) is 6.42. The molecule has 7 rings (SSSR count). The molecule has 0 saturated heterocycles. The largest absolute Gasteiger partial charge is 0.416 e. The predicted octanol–water partition coefficient (Wildman–Crippen LogP) is 13.1. The Hall–Kier alpha value is -6.30. The lowest BCUT2D eigenvalue weighted by Crippen LogP contribution is -2.11. The van der Waals surface area contributed by atoms with Gasteiger partial charge in [0.1, 0.15) is 11.8 Å². The molecule has 3 nitrogen and oxygen atoms in total. The summed E-state index contributed by atoms with van der Waals surface area (Å²) in [6.45, 7) is 0. The van der Waals surface area contributed by atoms with Crippen LogP contribution >= 0.6 is 0 Å². The summed E-state index contributed by atoms with van der Waals surface area (Å²) in [5, 5.41) is 9.64. The van der Waals surface area contributed by atoms with Gasteiger partial charge < -0.3 is 4.57 Å². The molecule has 0 atom stereocenters. The van der Waals surface area contributed by atoms with Gasteiger partial charge in [0.05, 0.1) is 39.0 Å². The maximum atomic E-state index is 13.8. The molecule has 0 unspecified atom stereocenters. The summed E-state index contributed by atoms with van der Waals surface area (Å²) in [4.78, 5) is 4.12. The number of benzene rings is 5. The van der Waals surface area contributed by atoms with E-state index in [1.807, 2.05) is 6.07 Å². The molecule has 2 heterocycles. The Kier molecular flexibility index (Phi) is 8.71. The Morgan fingerprint density at radius 2 is 0.873 bits per heavy atom. The number of rotatable bonds is 4. The van der Waals surface area contributed by atoms with E-state index in [2.05, 4.69) is 4.98 Å². The van der Waals surface area contributed by atoms with Crippen molar-refractivity contribution in [1.82, 2.24) is 9.55 Å². The van der Waals surface area contributed by atoms with Gasteiger partial charge in [-0.2, -0.15) is 57.9 Å². The van der Waals surface area contributed by atoms with Gasteiger partial charge in [-0.3, -0.25) is 0 Å². The lowest BCUT2D eigenvalue weighted by atomic mass is 9.96. The molecule has 55 heavy (non-hydrogen) atoms. The monoisotopic (exact) mass is 769 g/mol. The fourth-order valence-electron chi connectivity index (χ4n) is 6.42. The minimum atomic E-state index is -5.14. The summed E-state index contributed by atoms with van der Waals surface area (Å²) >= 11 is 0. The number of nitriles is 1. The van der Waals surface area contributed by atoms with Crippen molar-refractivity contribution in [3.05, 3.63) is 143 Å². The molecule has 0 spiro atoms. The van der Waals surface area contributed by atoms with Gasteiger partial charge in [0.2, 0.25) is 0 Å². The fraction of sp³-hybridized carbons (Fsp3) is 0.100. The van der Waals surface area contributed by atoms with Crippen molar-refractivity contribution in [2.45, 2.75) is 24.7 Å². The van der Waals surface area contributed by atoms with E-state index < -0.39 is 58.1 Å². The molecule has 5 aromatic carbocycles. The zero-order valence-corrected chi connectivity index (χ0v) is 27.3. The van der Waals surface area contributed by atoms with Crippen LogP contribution in [-0.4, -0.2) is 9.55 Å². The number of aromatic nitrogens is 2. The van der Waals surface area contributed by atoms with Crippen molar-refractivity contribution in [2.75, 3.05) is 0 Å². The van der Waals surface area contributed by atoms with Gasteiger partial charge in [-0.15, -0.1) is 0 Å². The van der Waals surface area contributed by atoms with Crippen LogP contribution in [0.1, 0.15) is 27.9 Å². The third-order valence-corrected chi connectivity index (χ3v) is 8.94. The summed E-state index contributed by atoms with van der Waals surface area (Å²) in [6, 6.07) is 22.1. The number of nitrogens with zero attached hydrogens (tertiary/aromatic N) is 3. The summed E-state index contributed by atoms with van der Waals surface area (Å²) in [5.74, 6) is 0. The lowest BCUT2D eigenvalue weighted by molar-refractivity contribution is -0.144. The zero-order valence-electron chi connectivity index (χ0n) is 27.3. The maximum absolute atomic E-state index is 13.8. The SMILES string of the molecule is N#Cc1ccc(-c2ccccc2-n2c3ccc(-c4cc(C(F)(F)F)cc(C(F)(F)F)c4)cc3c3cc(-c4cc(C(F)(F)F)cc(C(F)(F)F)c4)ccc32)cn1. The van der Waals surface area contributed by atoms with Crippen LogP contribution in [0.4, 0.5) is 52.7 Å². The average Bonchev–Trinajstić information content (AvgIpc) is 3.46. The standard InChI is InChI=1S/C40H19F12N3/c41-37(42,43)26-11-24(12-27(17-26)38(44,45)46)21-6-9-35-32(15-21)33-16-22(25-13-28(39(47,48)49)18-29(14-25)40(50,51)52)7-10-36(33)55(35)34-4-2-1-3-31(34)23-5-8-30(19-53)54-20-23/h1-18,20H. The van der Waals surface area contributed by atoms with E-state index in [9.17, 15) is 57.9 Å². The summed E-state index contributed by atoms with van der Waals surface area (Å²) in [5.41, 5.74) is -4.90. The van der Waals surface area contributed by atoms with Gasteiger partial charge in [-0.25, -0.2) is 4.98 Å². The van der Waals surface area contributed by atoms with Gasteiger partial charge in [-0.1, -0.05) is 30.3 Å². The second kappa shape index (κ2) is 12.9. The Morgan fingerprint density at radius 1 is 0.455 bits per heavy atom. The number of hydrogen-bond donors (Lipinski definition) is 0. The smallest absolute Gasteiger partial charge is 0.309 e. The molecule has 0 fully saturated rings. The van der Waals surface area contributed by atoms with Crippen LogP contribution in [0, 0.1) is 11.3 Å². The van der Waals surface area contributed by atoms with Gasteiger partial charge in [-0.05, 0) is 101 Å². The van der Waals surface area contributed by atoms with Crippen LogP contribution in [-0.2, 0) is 24.7 Å². The summed E-state index contributed by atoms with van der Waals surface area (Å²) in [7, 11) is 0. The first-order valence-electron chi connectivity index (χ1n) is 15.9. The van der Waals surface area contributed by atoms with Gasteiger partial charge in [0, 0.05) is 28.1 Å². The molecule has 0 aliphatic carbocycles. The first-order chi connectivity index (χ1) is 25.7. The first-order valence-corrected chi connectivity index (χ1v) is 15.9. The van der Waals surface area contributed by atoms with E-state index in [-0.39, 0.29) is 39.7 Å². The maximum Gasteiger partial charge on any atom is 0.416 e. The molecule has 0 saturated carbocycles. The van der Waals surface area contributed by atoms with E-state index in [1.54, 1.807) is 34.9 Å². The Morgan fingerprint density at radius 3 is 1.25 bits per heavy atom. The molecule has 7 aromatic rings. The topological polar surface area (TPSA) is 41.6 Å². The number of alkyl halides is 12. The van der Waals surface area contributed by atoms with Crippen molar-refractivity contribution in [3.63, 3.8) is 0 Å². The van der Waals surface area contributed by atoms with E-state index in [1.165, 1.54) is 48.7 Å². The summed E-state index contributed by atoms with van der Waals surface area (Å²) in [6.07, 6.45) is -19.1. The third-order valence-electron chi connectivity index (χ3n) is 8.94. The highest BCUT2D eigenvalue weighted by atomic mass is 19.4. The molecular formula is C40H19F12N3. The highest BCUT2D eigenvalue weighted by Crippen LogP contribution is 2.44. The number of hydrogen-bond acceptors (Lipinski definition) is 2. The molecule has 0 bridgehead atoms. The Balaban J connectivity index is 1.54. The minimum Gasteiger partial charge on any atom is -0.309 e. The molecule has 0 aliphatic heterocycles. The Bertz CT molecular complexity index is 2460. The van der Waals surface area contributed by atoms with Crippen LogP contribution in [0.25, 0.3) is 60.9 Å². The highest BCUT2D eigenvalue weighted by Gasteiger charge is 2.38. The second-order valence-corrected chi connectivity index (χ2v) is 12.4. The summed E-state index contributed by atoms with van der Waals surface area (Å²) < 4.78 is 167.